The van der Waals surface area contributed by atoms with Crippen LogP contribution in [0.25, 0.3) is 12.2 Å². The molecule has 3 aromatic carbocycles. The number of aromatic nitrogens is 2. The quantitative estimate of drug-likeness (QED) is 0.349. The second-order valence-corrected chi connectivity index (χ2v) is 6.36. The van der Waals surface area contributed by atoms with Crippen molar-refractivity contribution >= 4 is 23.5 Å². The molecular weight excluding hydrogens is 344 g/mol. The van der Waals surface area contributed by atoms with E-state index < -0.39 is 0 Å². The SMILES string of the molecule is Nc1ccc(C=Cc2ccccc2)cc1N.c1ccc(Cc2cc[nH]n2)cc1. The Morgan fingerprint density at radius 1 is 0.714 bits per heavy atom. The van der Waals surface area contributed by atoms with Crippen LogP contribution in [0.5, 0.6) is 0 Å². The lowest BCUT2D eigenvalue weighted by Gasteiger charge is -2.00. The number of aromatic amines is 1. The van der Waals surface area contributed by atoms with Crippen molar-refractivity contribution in [1.82, 2.24) is 10.2 Å². The maximum absolute atomic E-state index is 5.73. The number of nitrogen functional groups attached to an aromatic ring is 2. The van der Waals surface area contributed by atoms with Crippen molar-refractivity contribution in [3.8, 4) is 0 Å². The van der Waals surface area contributed by atoms with E-state index in [0.717, 1.165) is 23.2 Å². The third kappa shape index (κ3) is 5.88. The second kappa shape index (κ2) is 9.78. The zero-order valence-corrected chi connectivity index (χ0v) is 15.6. The minimum absolute atomic E-state index is 0.621. The van der Waals surface area contributed by atoms with Gasteiger partial charge in [0.2, 0.25) is 0 Å². The number of rotatable bonds is 4. The molecule has 0 atom stereocenters. The smallest absolute Gasteiger partial charge is 0.0665 e. The van der Waals surface area contributed by atoms with Gasteiger partial charge in [-0.05, 0) is 34.9 Å². The van der Waals surface area contributed by atoms with E-state index in [4.69, 9.17) is 11.5 Å². The standard InChI is InChI=1S/C14H14N2.C10H10N2/c15-13-9-8-12(10-14(13)16)7-6-11-4-2-1-3-5-11;1-2-4-9(5-3-1)8-10-6-7-11-12-10/h1-10H,15-16H2;1-7H,8H2,(H,11,12). The fourth-order valence-corrected chi connectivity index (χ4v) is 2.65. The van der Waals surface area contributed by atoms with Crippen molar-refractivity contribution in [1.29, 1.82) is 0 Å². The summed E-state index contributed by atoms with van der Waals surface area (Å²) in [6, 6.07) is 28.1. The number of benzene rings is 3. The minimum atomic E-state index is 0.621. The molecule has 4 rings (SSSR count). The first-order chi connectivity index (χ1) is 13.7. The highest BCUT2D eigenvalue weighted by Gasteiger charge is 1.95. The lowest BCUT2D eigenvalue weighted by molar-refractivity contribution is 0.996. The summed E-state index contributed by atoms with van der Waals surface area (Å²) < 4.78 is 0. The molecule has 0 aliphatic rings. The first-order valence-electron chi connectivity index (χ1n) is 9.11. The molecule has 4 aromatic rings. The van der Waals surface area contributed by atoms with E-state index in [-0.39, 0.29) is 0 Å². The number of nitrogens with one attached hydrogen (secondary N) is 1. The molecule has 0 radical (unpaired) electrons. The Labute approximate surface area is 165 Å². The molecule has 0 fully saturated rings. The van der Waals surface area contributed by atoms with E-state index in [1.165, 1.54) is 5.56 Å². The molecule has 5 N–H and O–H groups in total. The van der Waals surface area contributed by atoms with Gasteiger partial charge < -0.3 is 11.5 Å². The average Bonchev–Trinajstić information content (AvgIpc) is 3.24. The van der Waals surface area contributed by atoms with Crippen LogP contribution < -0.4 is 11.5 Å². The fraction of sp³-hybridized carbons (Fsp3) is 0.0417. The van der Waals surface area contributed by atoms with E-state index in [2.05, 4.69) is 34.5 Å². The molecule has 0 amide bonds. The number of hydrogen-bond acceptors (Lipinski definition) is 3. The average molecular weight is 368 g/mol. The number of H-pyrrole nitrogens is 1. The van der Waals surface area contributed by atoms with Gasteiger partial charge >= 0.3 is 0 Å². The van der Waals surface area contributed by atoms with E-state index >= 15 is 0 Å². The van der Waals surface area contributed by atoms with E-state index in [0.29, 0.717) is 11.4 Å². The molecule has 140 valence electrons. The van der Waals surface area contributed by atoms with E-state index in [1.807, 2.05) is 79.0 Å². The van der Waals surface area contributed by atoms with Gasteiger partial charge in [-0.25, -0.2) is 0 Å². The van der Waals surface area contributed by atoms with Gasteiger partial charge in [-0.15, -0.1) is 0 Å². The molecule has 0 bridgehead atoms. The number of anilines is 2. The van der Waals surface area contributed by atoms with Crippen LogP contribution in [0.15, 0.2) is 91.1 Å². The second-order valence-electron chi connectivity index (χ2n) is 6.36. The first-order valence-corrected chi connectivity index (χ1v) is 9.11. The van der Waals surface area contributed by atoms with Gasteiger partial charge in [-0.3, -0.25) is 5.10 Å². The molecule has 4 heteroatoms. The summed E-state index contributed by atoms with van der Waals surface area (Å²) >= 11 is 0. The molecule has 0 spiro atoms. The zero-order valence-electron chi connectivity index (χ0n) is 15.6. The monoisotopic (exact) mass is 368 g/mol. The highest BCUT2D eigenvalue weighted by atomic mass is 15.1. The van der Waals surface area contributed by atoms with Crippen molar-refractivity contribution in [3.05, 3.63) is 114 Å². The van der Waals surface area contributed by atoms with Crippen molar-refractivity contribution < 1.29 is 0 Å². The molecular formula is C24H24N4. The highest BCUT2D eigenvalue weighted by molar-refractivity contribution is 5.74. The van der Waals surface area contributed by atoms with E-state index in [9.17, 15) is 0 Å². The number of nitrogens with zero attached hydrogens (tertiary/aromatic N) is 1. The molecule has 1 heterocycles. The van der Waals surface area contributed by atoms with Crippen LogP contribution >= 0.6 is 0 Å². The summed E-state index contributed by atoms with van der Waals surface area (Å²) in [6.07, 6.45) is 6.82. The zero-order chi connectivity index (χ0) is 19.6. The Morgan fingerprint density at radius 2 is 1.39 bits per heavy atom. The lowest BCUT2D eigenvalue weighted by Crippen LogP contribution is -1.93. The van der Waals surface area contributed by atoms with Crippen molar-refractivity contribution in [2.45, 2.75) is 6.42 Å². The van der Waals surface area contributed by atoms with Gasteiger partial charge in [0.15, 0.2) is 0 Å². The Hall–Kier alpha value is -3.79. The summed E-state index contributed by atoms with van der Waals surface area (Å²) in [5.41, 5.74) is 17.2. The molecule has 0 aliphatic heterocycles. The van der Waals surface area contributed by atoms with Gasteiger partial charge in [0.05, 0.1) is 17.1 Å². The summed E-state index contributed by atoms with van der Waals surface area (Å²) in [5.74, 6) is 0. The van der Waals surface area contributed by atoms with Crippen LogP contribution in [0.2, 0.25) is 0 Å². The van der Waals surface area contributed by atoms with Crippen LogP contribution in [0.3, 0.4) is 0 Å². The summed E-state index contributed by atoms with van der Waals surface area (Å²) in [6.45, 7) is 0. The van der Waals surface area contributed by atoms with Gasteiger partial charge in [-0.1, -0.05) is 78.9 Å². The van der Waals surface area contributed by atoms with Crippen LogP contribution in [0.1, 0.15) is 22.4 Å². The Kier molecular flexibility index (Phi) is 6.63. The van der Waals surface area contributed by atoms with Gasteiger partial charge in [0, 0.05) is 12.6 Å². The van der Waals surface area contributed by atoms with Crippen molar-refractivity contribution in [2.24, 2.45) is 0 Å². The topological polar surface area (TPSA) is 80.7 Å². The fourth-order valence-electron chi connectivity index (χ4n) is 2.65. The Morgan fingerprint density at radius 3 is 2.04 bits per heavy atom. The third-order valence-corrected chi connectivity index (χ3v) is 4.17. The number of hydrogen-bond donors (Lipinski definition) is 3. The summed E-state index contributed by atoms with van der Waals surface area (Å²) in [7, 11) is 0. The highest BCUT2D eigenvalue weighted by Crippen LogP contribution is 2.17. The predicted octanol–water partition coefficient (Wildman–Crippen LogP) is 5.02. The predicted molar refractivity (Wildman–Crippen MR) is 118 cm³/mol. The van der Waals surface area contributed by atoms with Crippen LogP contribution in [0, 0.1) is 0 Å². The molecule has 4 nitrogen and oxygen atoms in total. The number of nitrogens with two attached hydrogens (primary N) is 2. The van der Waals surface area contributed by atoms with Gasteiger partial charge in [0.1, 0.15) is 0 Å². The van der Waals surface area contributed by atoms with Gasteiger partial charge in [-0.2, -0.15) is 5.10 Å². The summed E-state index contributed by atoms with van der Waals surface area (Å²) in [5, 5.41) is 6.89. The molecule has 1 aromatic heterocycles. The molecule has 28 heavy (non-hydrogen) atoms. The lowest BCUT2D eigenvalue weighted by atomic mass is 10.1. The van der Waals surface area contributed by atoms with E-state index in [1.54, 1.807) is 0 Å². The molecule has 0 unspecified atom stereocenters. The normalized spacial score (nSPS) is 10.4. The maximum atomic E-state index is 5.73. The molecule has 0 aliphatic carbocycles. The first kappa shape index (κ1) is 19.0. The summed E-state index contributed by atoms with van der Waals surface area (Å²) in [4.78, 5) is 0. The largest absolute Gasteiger partial charge is 0.397 e. The Bertz CT molecular complexity index is 991. The minimum Gasteiger partial charge on any atom is -0.397 e. The molecule has 0 saturated heterocycles. The third-order valence-electron chi connectivity index (χ3n) is 4.17. The van der Waals surface area contributed by atoms with Crippen LogP contribution in [0.4, 0.5) is 11.4 Å². The maximum Gasteiger partial charge on any atom is 0.0665 e. The Balaban J connectivity index is 0.000000167. The van der Waals surface area contributed by atoms with Crippen molar-refractivity contribution in [3.63, 3.8) is 0 Å². The van der Waals surface area contributed by atoms with Crippen LogP contribution in [-0.2, 0) is 6.42 Å². The van der Waals surface area contributed by atoms with Crippen molar-refractivity contribution in [2.75, 3.05) is 11.5 Å². The molecule has 0 saturated carbocycles. The van der Waals surface area contributed by atoms with Crippen LogP contribution in [-0.4, -0.2) is 10.2 Å². The van der Waals surface area contributed by atoms with Gasteiger partial charge in [0.25, 0.3) is 0 Å².